The Kier molecular flexibility index (Phi) is 18.1. The monoisotopic (exact) mass is 1150 g/mol. The number of cyclic esters (lactones) is 1. The van der Waals surface area contributed by atoms with Gasteiger partial charge in [-0.2, -0.15) is 0 Å². The van der Waals surface area contributed by atoms with Crippen LogP contribution in [0.25, 0.3) is 22.3 Å². The van der Waals surface area contributed by atoms with Crippen LogP contribution in [0.5, 0.6) is 0 Å². The molecular weight excluding hydrogens is 1080 g/mol. The molecule has 1 saturated heterocycles. The fraction of sp³-hybridized carbons (Fsp3) is 0.556. The molecule has 8 rings (SSSR count). The number of aryl methyl sites for hydroxylation is 1. The maximum absolute atomic E-state index is 15.6. The lowest BCUT2D eigenvalue weighted by Crippen LogP contribution is -2.61. The van der Waals surface area contributed by atoms with Gasteiger partial charge < -0.3 is 80.8 Å². The van der Waals surface area contributed by atoms with Gasteiger partial charge in [0, 0.05) is 53.7 Å². The van der Waals surface area contributed by atoms with Gasteiger partial charge in [-0.25, -0.2) is 19.0 Å². The molecule has 1 aromatic carbocycles. The zero-order valence-electron chi connectivity index (χ0n) is 45.8. The van der Waals surface area contributed by atoms with Crippen molar-refractivity contribution < 1.29 is 92.0 Å². The standard InChI is InChI=1S/C54H67FN8O19/c1-7-54(77)29-14-34-41-27(17-62(34)48(72)28(29)19-81-52(54)76)39-31(9-8-26-24(4)30(55)15-32(58-41)38(26)39)60-51(75)53(5,6)21-79-22-57-46(70)33(20-80-50-44(69)42(67)43(68)45(82-50)49(73)74)59-47(71)40(23(2)3)61-35(64)12-13-78-18-25(56)16-63-36(65)10-11-37(63)66/h10-11,14-15,23,25,31,33,40,42-45,50,67-69,77H,7-9,12-13,16-22,56H2,1-6H3,(H,57,70)(H,59,71)(H,60,75)(H,61,64)(H,73,74)/t25-,31-,33-,40-,42-,43-,44+,45-,50+,54-/m0/s1. The maximum Gasteiger partial charge on any atom is 0.343 e. The van der Waals surface area contributed by atoms with Gasteiger partial charge in [0.2, 0.25) is 23.6 Å². The molecule has 82 heavy (non-hydrogen) atoms. The topological polar surface area (TPSA) is 396 Å². The Balaban J connectivity index is 0.932. The van der Waals surface area contributed by atoms with Crippen molar-refractivity contribution in [2.75, 3.05) is 39.7 Å². The number of carbonyl (C=O) groups is 8. The van der Waals surface area contributed by atoms with Gasteiger partial charge in [-0.3, -0.25) is 38.5 Å². The van der Waals surface area contributed by atoms with Crippen LogP contribution in [0, 0.1) is 24.1 Å². The van der Waals surface area contributed by atoms with Crippen molar-refractivity contribution in [1.29, 1.82) is 0 Å². The van der Waals surface area contributed by atoms with Crippen LogP contribution in [0.4, 0.5) is 4.39 Å². The molecule has 11 N–H and O–H groups in total. The number of aliphatic hydroxyl groups excluding tert-OH is 3. The number of carboxylic acid groups (broad SMARTS) is 1. The Bertz CT molecular complexity index is 3170. The summed E-state index contributed by atoms with van der Waals surface area (Å²) in [6.45, 7) is 7.08. The Morgan fingerprint density at radius 2 is 1.67 bits per heavy atom. The number of aliphatic carboxylic acids is 1. The number of pyridine rings is 2. The lowest BCUT2D eigenvalue weighted by atomic mass is 9.81. The fourth-order valence-corrected chi connectivity index (χ4v) is 10.6. The summed E-state index contributed by atoms with van der Waals surface area (Å²) in [5.41, 5.74) is 5.44. The Hall–Kier alpha value is -7.15. The lowest BCUT2D eigenvalue weighted by Gasteiger charge is -2.38. The molecular formula is C54H67FN8O19. The van der Waals surface area contributed by atoms with Gasteiger partial charge in [0.1, 0.15) is 49.6 Å². The average Bonchev–Trinajstić information content (AvgIpc) is 1.80. The SMILES string of the molecule is CC[C@@]1(O)C(=O)OCc2c1cc1n(c2=O)Cc2c-1nc1cc(F)c(C)c3c1c2[C@@H](NC(=O)C(C)(C)COCNC(=O)[C@H](CO[C@@H]1O[C@H](C(=O)O)[C@@H](O)[C@H](O)[C@H]1O)NC(=O)[C@@H](NC(=O)CCOC[C@@H](N)CN1C(=O)C=CC1=O)C(C)C)CC3. The molecule has 444 valence electrons. The largest absolute Gasteiger partial charge is 0.479 e. The summed E-state index contributed by atoms with van der Waals surface area (Å²) < 4.78 is 44.3. The zero-order chi connectivity index (χ0) is 59.9. The predicted molar refractivity (Wildman–Crippen MR) is 279 cm³/mol. The second-order valence-corrected chi connectivity index (χ2v) is 21.9. The van der Waals surface area contributed by atoms with Crippen LogP contribution in [0.15, 0.2) is 29.1 Å². The van der Waals surface area contributed by atoms with Gasteiger partial charge in [-0.1, -0.05) is 20.8 Å². The molecule has 0 unspecified atom stereocenters. The van der Waals surface area contributed by atoms with Gasteiger partial charge in [0.05, 0.1) is 66.9 Å². The van der Waals surface area contributed by atoms with E-state index in [2.05, 4.69) is 21.3 Å². The van der Waals surface area contributed by atoms with E-state index in [0.717, 1.165) is 17.1 Å². The highest BCUT2D eigenvalue weighted by Crippen LogP contribution is 2.46. The van der Waals surface area contributed by atoms with Crippen LogP contribution in [-0.4, -0.2) is 176 Å². The number of rotatable bonds is 23. The molecule has 28 heteroatoms. The number of amides is 6. The minimum Gasteiger partial charge on any atom is -0.479 e. The number of nitrogens with two attached hydrogens (primary N) is 1. The molecule has 10 atom stereocenters. The van der Waals surface area contributed by atoms with E-state index < -0.39 is 144 Å². The highest BCUT2D eigenvalue weighted by molar-refractivity contribution is 6.13. The van der Waals surface area contributed by atoms with E-state index in [0.29, 0.717) is 51.9 Å². The smallest absolute Gasteiger partial charge is 0.343 e. The van der Waals surface area contributed by atoms with E-state index in [4.69, 9.17) is 34.4 Å². The van der Waals surface area contributed by atoms with Crippen LogP contribution in [0.3, 0.4) is 0 Å². The third-order valence-corrected chi connectivity index (χ3v) is 15.4. The third kappa shape index (κ3) is 12.0. The number of aliphatic hydroxyl groups is 4. The number of carboxylic acids is 1. The van der Waals surface area contributed by atoms with Crippen molar-refractivity contribution >= 4 is 58.3 Å². The van der Waals surface area contributed by atoms with E-state index >= 15 is 4.39 Å². The van der Waals surface area contributed by atoms with Crippen LogP contribution in [0.2, 0.25) is 0 Å². The number of hydrogen-bond acceptors (Lipinski definition) is 20. The second kappa shape index (κ2) is 24.4. The number of hydrogen-bond donors (Lipinski definition) is 10. The molecule has 27 nitrogen and oxygen atoms in total. The summed E-state index contributed by atoms with van der Waals surface area (Å²) in [5, 5.41) is 63.4. The number of carbonyl (C=O) groups excluding carboxylic acids is 7. The molecule has 6 amide bonds. The normalized spacial score (nSPS) is 23.9. The molecule has 6 heterocycles. The molecule has 3 aromatic rings. The highest BCUT2D eigenvalue weighted by Gasteiger charge is 2.49. The number of halogens is 1. The molecule has 5 aliphatic rings. The molecule has 4 aliphatic heterocycles. The summed E-state index contributed by atoms with van der Waals surface area (Å²) in [6, 6.07) is -1.62. The molecule has 1 fully saturated rings. The number of ether oxygens (including phenoxy) is 5. The lowest BCUT2D eigenvalue weighted by molar-refractivity contribution is -0.294. The quantitative estimate of drug-likeness (QED) is 0.0165. The maximum atomic E-state index is 15.6. The summed E-state index contributed by atoms with van der Waals surface area (Å²) in [7, 11) is 0. The van der Waals surface area contributed by atoms with Gasteiger partial charge >= 0.3 is 11.9 Å². The molecule has 0 saturated carbocycles. The first-order valence-electron chi connectivity index (χ1n) is 26.7. The number of imide groups is 1. The van der Waals surface area contributed by atoms with Crippen LogP contribution in [0.1, 0.15) is 93.3 Å². The van der Waals surface area contributed by atoms with E-state index in [1.807, 2.05) is 0 Å². The van der Waals surface area contributed by atoms with Crippen molar-refractivity contribution in [2.24, 2.45) is 17.1 Å². The minimum absolute atomic E-state index is 0.00487. The number of nitrogens with zero attached hydrogens (tertiary/aromatic N) is 3. The summed E-state index contributed by atoms with van der Waals surface area (Å²) >= 11 is 0. The Labute approximate surface area is 467 Å². The van der Waals surface area contributed by atoms with Crippen molar-refractivity contribution in [1.82, 2.24) is 35.7 Å². The first kappa shape index (κ1) is 60.9. The van der Waals surface area contributed by atoms with Crippen LogP contribution < -0.4 is 32.6 Å². The highest BCUT2D eigenvalue weighted by atomic mass is 19.1. The minimum atomic E-state index is -2.09. The molecule has 0 spiro atoms. The number of fused-ring (bicyclic) bond motifs is 5. The second-order valence-electron chi connectivity index (χ2n) is 21.9. The van der Waals surface area contributed by atoms with Crippen LogP contribution in [-0.2, 0) is 87.2 Å². The van der Waals surface area contributed by atoms with E-state index in [9.17, 15) is 68.7 Å². The number of esters is 1. The molecule has 0 bridgehead atoms. The fourth-order valence-electron chi connectivity index (χ4n) is 10.6. The van der Waals surface area contributed by atoms with Crippen molar-refractivity contribution in [3.05, 3.63) is 73.8 Å². The predicted octanol–water partition coefficient (Wildman–Crippen LogP) is -2.06. The molecule has 2 aromatic heterocycles. The Morgan fingerprint density at radius 1 is 0.963 bits per heavy atom. The zero-order valence-corrected chi connectivity index (χ0v) is 45.8. The van der Waals surface area contributed by atoms with Gasteiger partial charge in [0.15, 0.2) is 18.0 Å². The Morgan fingerprint density at radius 3 is 2.34 bits per heavy atom. The summed E-state index contributed by atoms with van der Waals surface area (Å²) in [6.07, 6.45) is -7.62. The van der Waals surface area contributed by atoms with E-state index in [1.165, 1.54) is 10.6 Å². The first-order valence-corrected chi connectivity index (χ1v) is 26.7. The van der Waals surface area contributed by atoms with Crippen molar-refractivity contribution in [3.8, 4) is 11.4 Å². The third-order valence-electron chi connectivity index (χ3n) is 15.4. The van der Waals surface area contributed by atoms with Crippen molar-refractivity contribution in [3.63, 3.8) is 0 Å². The molecule has 1 aliphatic carbocycles. The summed E-state index contributed by atoms with van der Waals surface area (Å²) in [4.78, 5) is 123. The van der Waals surface area contributed by atoms with Gasteiger partial charge in [-0.15, -0.1) is 0 Å². The number of aromatic nitrogens is 2. The summed E-state index contributed by atoms with van der Waals surface area (Å²) in [5.74, 6) is -7.79. The van der Waals surface area contributed by atoms with E-state index in [-0.39, 0.29) is 69.0 Å². The van der Waals surface area contributed by atoms with Gasteiger partial charge in [0.25, 0.3) is 17.4 Å². The van der Waals surface area contributed by atoms with Crippen molar-refractivity contribution in [2.45, 2.75) is 141 Å². The number of nitrogens with one attached hydrogen (secondary N) is 4. The van der Waals surface area contributed by atoms with E-state index in [1.54, 1.807) is 47.6 Å². The first-order chi connectivity index (χ1) is 38.7. The number of benzene rings is 1. The average molecular weight is 1150 g/mol. The molecule has 0 radical (unpaired) electrons. The van der Waals surface area contributed by atoms with Crippen LogP contribution >= 0.6 is 0 Å². The van der Waals surface area contributed by atoms with Gasteiger partial charge in [-0.05, 0) is 68.7 Å².